The minimum atomic E-state index is 0.290. The molecule has 5 heteroatoms. The SMILES string of the molecule is Cc1ccccc1-c1nnc(-c2cnc(C(C)C)nc2C)o1. The standard InChI is InChI=1S/C17H18N4O/c1-10(2)15-18-9-14(12(4)19-15)17-21-20-16(22-17)13-8-6-5-7-11(13)3/h5-10H,1-4H3. The smallest absolute Gasteiger partial charge is 0.251 e. The summed E-state index contributed by atoms with van der Waals surface area (Å²) in [6.45, 7) is 8.08. The van der Waals surface area contributed by atoms with Crippen LogP contribution >= 0.6 is 0 Å². The number of nitrogens with zero attached hydrogens (tertiary/aromatic N) is 4. The Balaban J connectivity index is 2.00. The predicted octanol–water partition coefficient (Wildman–Crippen LogP) is 3.93. The van der Waals surface area contributed by atoms with Crippen molar-refractivity contribution >= 4 is 0 Å². The molecule has 0 atom stereocenters. The van der Waals surface area contributed by atoms with E-state index in [1.165, 1.54) is 0 Å². The third kappa shape index (κ3) is 2.62. The van der Waals surface area contributed by atoms with Crippen LogP contribution in [-0.2, 0) is 0 Å². The van der Waals surface area contributed by atoms with Gasteiger partial charge in [0, 0.05) is 17.7 Å². The number of benzene rings is 1. The summed E-state index contributed by atoms with van der Waals surface area (Å²) in [6.07, 6.45) is 1.76. The quantitative estimate of drug-likeness (QED) is 0.732. The third-order valence-electron chi connectivity index (χ3n) is 3.55. The summed E-state index contributed by atoms with van der Waals surface area (Å²) in [4.78, 5) is 8.89. The summed E-state index contributed by atoms with van der Waals surface area (Å²) in [5.74, 6) is 2.07. The second kappa shape index (κ2) is 5.67. The van der Waals surface area contributed by atoms with Crippen LogP contribution in [0.25, 0.3) is 22.9 Å². The lowest BCUT2D eigenvalue weighted by Gasteiger charge is -2.06. The summed E-state index contributed by atoms with van der Waals surface area (Å²) in [5.41, 5.74) is 3.66. The fourth-order valence-corrected chi connectivity index (χ4v) is 2.23. The van der Waals surface area contributed by atoms with E-state index in [-0.39, 0.29) is 5.92 Å². The minimum Gasteiger partial charge on any atom is -0.416 e. The largest absolute Gasteiger partial charge is 0.416 e. The first-order valence-electron chi connectivity index (χ1n) is 7.29. The lowest BCUT2D eigenvalue weighted by atomic mass is 10.1. The van der Waals surface area contributed by atoms with E-state index in [4.69, 9.17) is 4.42 Å². The van der Waals surface area contributed by atoms with Crippen molar-refractivity contribution < 1.29 is 4.42 Å². The van der Waals surface area contributed by atoms with Crippen molar-refractivity contribution in [1.82, 2.24) is 20.2 Å². The molecule has 1 aromatic carbocycles. The van der Waals surface area contributed by atoms with Gasteiger partial charge in [0.2, 0.25) is 5.89 Å². The van der Waals surface area contributed by atoms with E-state index in [2.05, 4.69) is 34.0 Å². The summed E-state index contributed by atoms with van der Waals surface area (Å²) in [5, 5.41) is 8.29. The van der Waals surface area contributed by atoms with Gasteiger partial charge in [-0.25, -0.2) is 9.97 Å². The molecule has 0 aliphatic rings. The van der Waals surface area contributed by atoms with Crippen molar-refractivity contribution in [2.75, 3.05) is 0 Å². The zero-order chi connectivity index (χ0) is 15.7. The molecule has 112 valence electrons. The predicted molar refractivity (Wildman–Crippen MR) is 84.3 cm³/mol. The third-order valence-corrected chi connectivity index (χ3v) is 3.55. The Hall–Kier alpha value is -2.56. The van der Waals surface area contributed by atoms with Gasteiger partial charge in [0.05, 0.1) is 11.3 Å². The van der Waals surface area contributed by atoms with Crippen LogP contribution in [0.4, 0.5) is 0 Å². The van der Waals surface area contributed by atoms with Gasteiger partial charge in [-0.1, -0.05) is 32.0 Å². The molecule has 3 rings (SSSR count). The maximum Gasteiger partial charge on any atom is 0.251 e. The molecule has 22 heavy (non-hydrogen) atoms. The summed E-state index contributed by atoms with van der Waals surface area (Å²) in [6, 6.07) is 7.93. The summed E-state index contributed by atoms with van der Waals surface area (Å²) >= 11 is 0. The Morgan fingerprint density at radius 1 is 0.955 bits per heavy atom. The highest BCUT2D eigenvalue weighted by atomic mass is 16.4. The van der Waals surface area contributed by atoms with E-state index in [9.17, 15) is 0 Å². The number of hydrogen-bond acceptors (Lipinski definition) is 5. The molecule has 0 bridgehead atoms. The Morgan fingerprint density at radius 2 is 1.64 bits per heavy atom. The van der Waals surface area contributed by atoms with Crippen molar-refractivity contribution in [3.63, 3.8) is 0 Å². The van der Waals surface area contributed by atoms with Gasteiger partial charge in [-0.05, 0) is 25.5 Å². The average Bonchev–Trinajstić information content (AvgIpc) is 2.97. The van der Waals surface area contributed by atoms with Crippen molar-refractivity contribution in [2.45, 2.75) is 33.6 Å². The van der Waals surface area contributed by atoms with Gasteiger partial charge in [-0.15, -0.1) is 10.2 Å². The molecule has 0 unspecified atom stereocenters. The van der Waals surface area contributed by atoms with Crippen LogP contribution in [0, 0.1) is 13.8 Å². The van der Waals surface area contributed by atoms with Crippen LogP contribution in [0.5, 0.6) is 0 Å². The number of aromatic nitrogens is 4. The first-order chi connectivity index (χ1) is 10.6. The molecule has 0 aliphatic carbocycles. The highest BCUT2D eigenvalue weighted by molar-refractivity contribution is 5.61. The highest BCUT2D eigenvalue weighted by Gasteiger charge is 2.15. The zero-order valence-electron chi connectivity index (χ0n) is 13.2. The van der Waals surface area contributed by atoms with Crippen LogP contribution in [0.1, 0.15) is 36.8 Å². The van der Waals surface area contributed by atoms with Gasteiger partial charge in [-0.2, -0.15) is 0 Å². The molecule has 0 saturated carbocycles. The molecule has 0 saturated heterocycles. The van der Waals surface area contributed by atoms with Gasteiger partial charge in [0.1, 0.15) is 5.82 Å². The number of hydrogen-bond donors (Lipinski definition) is 0. The molecule has 0 N–H and O–H groups in total. The molecule has 5 nitrogen and oxygen atoms in total. The molecule has 2 heterocycles. The Bertz CT molecular complexity index is 808. The van der Waals surface area contributed by atoms with E-state index in [0.29, 0.717) is 11.8 Å². The van der Waals surface area contributed by atoms with Gasteiger partial charge < -0.3 is 4.42 Å². The molecular weight excluding hydrogens is 276 g/mol. The second-order valence-electron chi connectivity index (χ2n) is 5.61. The van der Waals surface area contributed by atoms with Crippen LogP contribution in [0.15, 0.2) is 34.9 Å². The van der Waals surface area contributed by atoms with E-state index >= 15 is 0 Å². The summed E-state index contributed by atoms with van der Waals surface area (Å²) < 4.78 is 5.82. The Morgan fingerprint density at radius 3 is 2.27 bits per heavy atom. The van der Waals surface area contributed by atoms with Gasteiger partial charge in [0.25, 0.3) is 5.89 Å². The highest BCUT2D eigenvalue weighted by Crippen LogP contribution is 2.27. The fraction of sp³-hybridized carbons (Fsp3) is 0.294. The number of aryl methyl sites for hydroxylation is 2. The maximum atomic E-state index is 5.82. The zero-order valence-corrected chi connectivity index (χ0v) is 13.2. The van der Waals surface area contributed by atoms with E-state index in [0.717, 1.165) is 28.2 Å². The molecule has 0 spiro atoms. The normalized spacial score (nSPS) is 11.1. The van der Waals surface area contributed by atoms with Gasteiger partial charge in [-0.3, -0.25) is 0 Å². The lowest BCUT2D eigenvalue weighted by Crippen LogP contribution is -2.00. The molecule has 0 aliphatic heterocycles. The number of rotatable bonds is 3. The van der Waals surface area contributed by atoms with E-state index < -0.39 is 0 Å². The van der Waals surface area contributed by atoms with Gasteiger partial charge in [0.15, 0.2) is 0 Å². The topological polar surface area (TPSA) is 64.7 Å². The molecule has 0 amide bonds. The van der Waals surface area contributed by atoms with Crippen molar-refractivity contribution in [2.24, 2.45) is 0 Å². The van der Waals surface area contributed by atoms with Crippen LogP contribution in [0.3, 0.4) is 0 Å². The second-order valence-corrected chi connectivity index (χ2v) is 5.61. The maximum absolute atomic E-state index is 5.82. The van der Waals surface area contributed by atoms with Crippen LogP contribution in [0.2, 0.25) is 0 Å². The summed E-state index contributed by atoms with van der Waals surface area (Å²) in [7, 11) is 0. The molecular formula is C17H18N4O. The molecule has 0 fully saturated rings. The van der Waals surface area contributed by atoms with Crippen LogP contribution in [-0.4, -0.2) is 20.2 Å². The Labute approximate surface area is 129 Å². The first-order valence-corrected chi connectivity index (χ1v) is 7.29. The van der Waals surface area contributed by atoms with E-state index in [1.54, 1.807) is 6.20 Å². The van der Waals surface area contributed by atoms with Gasteiger partial charge >= 0.3 is 0 Å². The van der Waals surface area contributed by atoms with Crippen molar-refractivity contribution in [1.29, 1.82) is 0 Å². The van der Waals surface area contributed by atoms with Crippen LogP contribution < -0.4 is 0 Å². The first kappa shape index (κ1) is 14.4. The van der Waals surface area contributed by atoms with E-state index in [1.807, 2.05) is 38.1 Å². The molecule has 2 aromatic heterocycles. The monoisotopic (exact) mass is 294 g/mol. The average molecular weight is 294 g/mol. The lowest BCUT2D eigenvalue weighted by molar-refractivity contribution is 0.582. The Kier molecular flexibility index (Phi) is 3.71. The minimum absolute atomic E-state index is 0.290. The van der Waals surface area contributed by atoms with Crippen molar-refractivity contribution in [3.05, 3.63) is 47.5 Å². The molecule has 0 radical (unpaired) electrons. The van der Waals surface area contributed by atoms with Crippen molar-refractivity contribution in [3.8, 4) is 22.9 Å². The molecule has 3 aromatic rings. The fourth-order valence-electron chi connectivity index (χ4n) is 2.23.